The topological polar surface area (TPSA) is 98.3 Å². The van der Waals surface area contributed by atoms with Gasteiger partial charge in [0, 0.05) is 4.47 Å². The number of rotatable bonds is 7. The lowest BCUT2D eigenvalue weighted by Crippen LogP contribution is -2.20. The molecule has 3 rings (SSSR count). The molecule has 0 aliphatic carbocycles. The molecular weight excluding hydrogens is 466 g/mol. The molecule has 7 nitrogen and oxygen atoms in total. The van der Waals surface area contributed by atoms with Crippen molar-refractivity contribution in [3.8, 4) is 5.75 Å². The Morgan fingerprint density at radius 3 is 2.57 bits per heavy atom. The Balaban J connectivity index is 1.60. The van der Waals surface area contributed by atoms with E-state index in [1.807, 2.05) is 19.1 Å². The van der Waals surface area contributed by atoms with Crippen molar-refractivity contribution in [2.75, 3.05) is 11.9 Å². The highest BCUT2D eigenvalue weighted by Gasteiger charge is 2.22. The molecule has 0 saturated heterocycles. The smallest absolute Gasteiger partial charge is 0.264 e. The fourth-order valence-corrected chi connectivity index (χ4v) is 4.96. The zero-order chi connectivity index (χ0) is 20.1. The third-order valence-electron chi connectivity index (χ3n) is 3.71. The highest BCUT2D eigenvalue weighted by atomic mass is 79.9. The van der Waals surface area contributed by atoms with E-state index >= 15 is 0 Å². The van der Waals surface area contributed by atoms with Crippen LogP contribution in [0.4, 0.5) is 5.13 Å². The summed E-state index contributed by atoms with van der Waals surface area (Å²) >= 11 is 4.13. The molecule has 1 heterocycles. The second-order valence-corrected chi connectivity index (χ2v) is 9.91. The molecule has 0 spiro atoms. The van der Waals surface area contributed by atoms with Gasteiger partial charge in [0.2, 0.25) is 19.3 Å². The lowest BCUT2D eigenvalue weighted by atomic mass is 10.1. The van der Waals surface area contributed by atoms with Crippen molar-refractivity contribution in [3.05, 3.63) is 64.1 Å². The van der Waals surface area contributed by atoms with Gasteiger partial charge < -0.3 is 4.74 Å². The molecule has 10 heteroatoms. The summed E-state index contributed by atoms with van der Waals surface area (Å²) in [6, 6.07) is 14.3. The summed E-state index contributed by atoms with van der Waals surface area (Å²) in [6.07, 6.45) is 0. The monoisotopic (exact) mass is 481 g/mol. The van der Waals surface area contributed by atoms with Crippen LogP contribution in [-0.2, 0) is 20.4 Å². The summed E-state index contributed by atoms with van der Waals surface area (Å²) in [5.74, 6) is -0.0893. The number of ether oxygens (including phenoxy) is 1. The molecule has 0 fully saturated rings. The van der Waals surface area contributed by atoms with Crippen molar-refractivity contribution >= 4 is 48.1 Å². The van der Waals surface area contributed by atoms with E-state index in [-0.39, 0.29) is 21.8 Å². The first-order valence-electron chi connectivity index (χ1n) is 8.12. The molecule has 0 unspecified atom stereocenters. The normalized spacial score (nSPS) is 11.2. The van der Waals surface area contributed by atoms with E-state index in [2.05, 4.69) is 31.4 Å². The number of hydrogen-bond acceptors (Lipinski definition) is 7. The van der Waals surface area contributed by atoms with Crippen LogP contribution in [-0.4, -0.2) is 31.1 Å². The van der Waals surface area contributed by atoms with Crippen LogP contribution in [0.25, 0.3) is 0 Å². The highest BCUT2D eigenvalue weighted by molar-refractivity contribution is 9.10. The first-order chi connectivity index (χ1) is 13.3. The summed E-state index contributed by atoms with van der Waals surface area (Å²) in [6.45, 7) is 1.62. The molecule has 3 aromatic rings. The van der Waals surface area contributed by atoms with Gasteiger partial charge in [-0.25, -0.2) is 8.42 Å². The number of hydrogen-bond donors (Lipinski definition) is 1. The van der Waals surface area contributed by atoms with Crippen LogP contribution in [0.1, 0.15) is 11.1 Å². The standard InChI is InChI=1S/C18H16BrN3O4S2/c1-12-4-2-3-5-13(12)11-28(24,25)18-22-21-17(27-18)20-16(23)10-26-15-8-6-14(19)7-9-15/h2-9H,10-11H2,1H3,(H,20,21,23). The fraction of sp³-hybridized carbons (Fsp3) is 0.167. The second kappa shape index (κ2) is 8.80. The first kappa shape index (κ1) is 20.4. The first-order valence-corrected chi connectivity index (χ1v) is 11.4. The summed E-state index contributed by atoms with van der Waals surface area (Å²) in [5.41, 5.74) is 1.58. The van der Waals surface area contributed by atoms with Crippen molar-refractivity contribution in [3.63, 3.8) is 0 Å². The number of carbonyl (C=O) groups is 1. The average Bonchev–Trinajstić information content (AvgIpc) is 3.12. The van der Waals surface area contributed by atoms with E-state index in [0.29, 0.717) is 11.3 Å². The predicted octanol–water partition coefficient (Wildman–Crippen LogP) is 3.60. The molecule has 1 N–H and O–H groups in total. The molecular formula is C18H16BrN3O4S2. The maximum atomic E-state index is 12.6. The number of sulfone groups is 1. The number of carbonyl (C=O) groups excluding carboxylic acids is 1. The number of halogens is 1. The minimum atomic E-state index is -3.65. The number of aryl methyl sites for hydroxylation is 1. The number of aromatic nitrogens is 2. The molecule has 0 saturated carbocycles. The largest absolute Gasteiger partial charge is 0.484 e. The van der Waals surface area contributed by atoms with Gasteiger partial charge >= 0.3 is 0 Å². The third-order valence-corrected chi connectivity index (χ3v) is 7.19. The van der Waals surface area contributed by atoms with Crippen molar-refractivity contribution in [2.45, 2.75) is 17.0 Å². The zero-order valence-electron chi connectivity index (χ0n) is 14.8. The van der Waals surface area contributed by atoms with E-state index < -0.39 is 15.7 Å². The van der Waals surface area contributed by atoms with Crippen molar-refractivity contribution in [1.29, 1.82) is 0 Å². The molecule has 1 aromatic heterocycles. The Kier molecular flexibility index (Phi) is 6.42. The van der Waals surface area contributed by atoms with Gasteiger partial charge in [0.05, 0.1) is 5.75 Å². The van der Waals surface area contributed by atoms with Gasteiger partial charge in [0.15, 0.2) is 6.61 Å². The van der Waals surface area contributed by atoms with Crippen molar-refractivity contribution in [1.82, 2.24) is 10.2 Å². The lowest BCUT2D eigenvalue weighted by molar-refractivity contribution is -0.118. The van der Waals surface area contributed by atoms with Crippen molar-refractivity contribution in [2.24, 2.45) is 0 Å². The van der Waals surface area contributed by atoms with E-state index in [4.69, 9.17) is 4.74 Å². The molecule has 28 heavy (non-hydrogen) atoms. The molecule has 0 bridgehead atoms. The van der Waals surface area contributed by atoms with Crippen LogP contribution in [0.5, 0.6) is 5.75 Å². The van der Waals surface area contributed by atoms with E-state index in [1.54, 1.807) is 36.4 Å². The number of nitrogens with zero attached hydrogens (tertiary/aromatic N) is 2. The van der Waals surface area contributed by atoms with Gasteiger partial charge in [0.1, 0.15) is 5.75 Å². The van der Waals surface area contributed by atoms with Gasteiger partial charge in [-0.15, -0.1) is 10.2 Å². The van der Waals surface area contributed by atoms with Gasteiger partial charge in [-0.3, -0.25) is 10.1 Å². The minimum Gasteiger partial charge on any atom is -0.484 e. The van der Waals surface area contributed by atoms with Crippen LogP contribution >= 0.6 is 27.3 Å². The Hall–Kier alpha value is -2.30. The Morgan fingerprint density at radius 1 is 1.14 bits per heavy atom. The molecule has 1 amide bonds. The Labute approximate surface area is 174 Å². The van der Waals surface area contributed by atoms with Crippen LogP contribution < -0.4 is 10.1 Å². The summed E-state index contributed by atoms with van der Waals surface area (Å²) in [5, 5.41) is 10.1. The molecule has 146 valence electrons. The molecule has 2 aromatic carbocycles. The van der Waals surface area contributed by atoms with Crippen molar-refractivity contribution < 1.29 is 17.9 Å². The summed E-state index contributed by atoms with van der Waals surface area (Å²) in [4.78, 5) is 12.0. The lowest BCUT2D eigenvalue weighted by Gasteiger charge is -2.05. The van der Waals surface area contributed by atoms with Gasteiger partial charge in [-0.2, -0.15) is 0 Å². The Morgan fingerprint density at radius 2 is 1.86 bits per heavy atom. The quantitative estimate of drug-likeness (QED) is 0.517. The SMILES string of the molecule is Cc1ccccc1CS(=O)(=O)c1nnc(NC(=O)COc2ccc(Br)cc2)s1. The minimum absolute atomic E-state index is 0.104. The third kappa shape index (κ3) is 5.37. The average molecular weight is 482 g/mol. The molecule has 0 radical (unpaired) electrons. The highest BCUT2D eigenvalue weighted by Crippen LogP contribution is 2.24. The maximum absolute atomic E-state index is 12.6. The maximum Gasteiger partial charge on any atom is 0.264 e. The van der Waals surface area contributed by atoms with E-state index in [1.165, 1.54) is 0 Å². The van der Waals surface area contributed by atoms with Gasteiger partial charge in [-0.1, -0.05) is 51.5 Å². The summed E-state index contributed by atoms with van der Waals surface area (Å²) in [7, 11) is -3.65. The molecule has 0 aliphatic rings. The fourth-order valence-electron chi connectivity index (χ4n) is 2.26. The van der Waals surface area contributed by atoms with Gasteiger partial charge in [0.25, 0.3) is 5.91 Å². The van der Waals surface area contributed by atoms with E-state index in [0.717, 1.165) is 21.4 Å². The predicted molar refractivity (Wildman–Crippen MR) is 110 cm³/mol. The summed E-state index contributed by atoms with van der Waals surface area (Å²) < 4.78 is 31.2. The van der Waals surface area contributed by atoms with Crippen LogP contribution in [0, 0.1) is 6.92 Å². The van der Waals surface area contributed by atoms with Gasteiger partial charge in [-0.05, 0) is 42.3 Å². The van der Waals surface area contributed by atoms with Crippen LogP contribution in [0.2, 0.25) is 0 Å². The van der Waals surface area contributed by atoms with Crippen LogP contribution in [0.3, 0.4) is 0 Å². The van der Waals surface area contributed by atoms with E-state index in [9.17, 15) is 13.2 Å². The number of nitrogens with one attached hydrogen (secondary N) is 1. The van der Waals surface area contributed by atoms with Crippen LogP contribution in [0.15, 0.2) is 57.3 Å². The number of benzene rings is 2. The molecule has 0 aliphatic heterocycles. The number of anilines is 1. The molecule has 0 atom stereocenters. The number of amides is 1. The second-order valence-electron chi connectivity index (χ2n) is 5.85. The Bertz CT molecular complexity index is 1080. The zero-order valence-corrected chi connectivity index (χ0v) is 18.0.